The van der Waals surface area contributed by atoms with Crippen molar-refractivity contribution < 1.29 is 4.79 Å². The summed E-state index contributed by atoms with van der Waals surface area (Å²) in [5, 5.41) is 0. The zero-order valence-corrected chi connectivity index (χ0v) is 15.7. The van der Waals surface area contributed by atoms with Crippen molar-refractivity contribution in [3.05, 3.63) is 53.1 Å². The van der Waals surface area contributed by atoms with Crippen molar-refractivity contribution in [1.82, 2.24) is 14.5 Å². The standard InChI is InChI=1S/C20H29N3O/c1-14(2)20(24)23(15(3)4)13-19-21-9-10-22(19)12-18-11-16(5)7-8-17(18)6/h7-11,14-15H,12-13H2,1-6H3. The average molecular weight is 327 g/mol. The van der Waals surface area contributed by atoms with Gasteiger partial charge in [-0.1, -0.05) is 37.6 Å². The summed E-state index contributed by atoms with van der Waals surface area (Å²) in [6.45, 7) is 13.6. The third kappa shape index (κ3) is 4.25. The highest BCUT2D eigenvalue weighted by molar-refractivity contribution is 5.78. The first kappa shape index (κ1) is 18.2. The molecule has 0 aliphatic heterocycles. The molecule has 0 atom stereocenters. The number of imidazole rings is 1. The van der Waals surface area contributed by atoms with Crippen molar-refractivity contribution in [1.29, 1.82) is 0 Å². The van der Waals surface area contributed by atoms with Crippen LogP contribution >= 0.6 is 0 Å². The fraction of sp³-hybridized carbons (Fsp3) is 0.500. The van der Waals surface area contributed by atoms with Gasteiger partial charge in [0.15, 0.2) is 0 Å². The van der Waals surface area contributed by atoms with Crippen LogP contribution in [0.15, 0.2) is 30.6 Å². The predicted octanol–water partition coefficient (Wildman–Crippen LogP) is 3.94. The molecule has 1 heterocycles. The third-order valence-corrected chi connectivity index (χ3v) is 4.36. The summed E-state index contributed by atoms with van der Waals surface area (Å²) in [6.07, 6.45) is 3.81. The Hall–Kier alpha value is -2.10. The first-order chi connectivity index (χ1) is 11.3. The van der Waals surface area contributed by atoms with Crippen LogP contribution in [-0.4, -0.2) is 26.4 Å². The van der Waals surface area contributed by atoms with Gasteiger partial charge in [0.2, 0.25) is 5.91 Å². The molecule has 0 aliphatic rings. The molecule has 0 N–H and O–H groups in total. The normalized spacial score (nSPS) is 11.3. The van der Waals surface area contributed by atoms with Crippen LogP contribution in [0.4, 0.5) is 0 Å². The maximum atomic E-state index is 12.5. The molecule has 2 aromatic rings. The molecule has 0 fully saturated rings. The van der Waals surface area contributed by atoms with Gasteiger partial charge in [-0.2, -0.15) is 0 Å². The summed E-state index contributed by atoms with van der Waals surface area (Å²) in [6, 6.07) is 6.67. The summed E-state index contributed by atoms with van der Waals surface area (Å²) in [5.74, 6) is 1.10. The molecule has 0 radical (unpaired) electrons. The van der Waals surface area contributed by atoms with Gasteiger partial charge in [0, 0.05) is 30.9 Å². The first-order valence-electron chi connectivity index (χ1n) is 8.66. The summed E-state index contributed by atoms with van der Waals surface area (Å²) < 4.78 is 2.14. The lowest BCUT2D eigenvalue weighted by Gasteiger charge is -2.28. The van der Waals surface area contributed by atoms with E-state index in [4.69, 9.17) is 0 Å². The molecule has 2 rings (SSSR count). The number of amides is 1. The van der Waals surface area contributed by atoms with Crippen LogP contribution in [0.2, 0.25) is 0 Å². The van der Waals surface area contributed by atoms with Crippen LogP contribution in [0.25, 0.3) is 0 Å². The minimum atomic E-state index is -0.00479. The van der Waals surface area contributed by atoms with E-state index in [1.807, 2.05) is 31.1 Å². The maximum Gasteiger partial charge on any atom is 0.225 e. The Labute approximate surface area is 145 Å². The Morgan fingerprint density at radius 2 is 1.92 bits per heavy atom. The van der Waals surface area contributed by atoms with Gasteiger partial charge in [-0.05, 0) is 38.8 Å². The van der Waals surface area contributed by atoms with Crippen LogP contribution < -0.4 is 0 Å². The molecule has 0 spiro atoms. The third-order valence-electron chi connectivity index (χ3n) is 4.36. The van der Waals surface area contributed by atoms with E-state index in [2.05, 4.69) is 55.4 Å². The van der Waals surface area contributed by atoms with E-state index < -0.39 is 0 Å². The fourth-order valence-corrected chi connectivity index (χ4v) is 2.79. The van der Waals surface area contributed by atoms with Crippen LogP contribution in [0.3, 0.4) is 0 Å². The van der Waals surface area contributed by atoms with Crippen molar-refractivity contribution >= 4 is 5.91 Å². The molecule has 0 saturated carbocycles. The average Bonchev–Trinajstić information content (AvgIpc) is 2.94. The number of hydrogen-bond donors (Lipinski definition) is 0. The summed E-state index contributed by atoms with van der Waals surface area (Å²) >= 11 is 0. The SMILES string of the molecule is Cc1ccc(C)c(Cn2ccnc2CN(C(=O)C(C)C)C(C)C)c1. The minimum absolute atomic E-state index is 0.00479. The molecule has 0 saturated heterocycles. The number of aryl methyl sites for hydroxylation is 2. The van der Waals surface area contributed by atoms with Gasteiger partial charge in [-0.3, -0.25) is 4.79 Å². The lowest BCUT2D eigenvalue weighted by Crippen LogP contribution is -2.39. The van der Waals surface area contributed by atoms with Gasteiger partial charge in [-0.15, -0.1) is 0 Å². The topological polar surface area (TPSA) is 38.1 Å². The number of carbonyl (C=O) groups excluding carboxylic acids is 1. The number of carbonyl (C=O) groups is 1. The van der Waals surface area contributed by atoms with E-state index in [1.165, 1.54) is 16.7 Å². The van der Waals surface area contributed by atoms with E-state index in [0.717, 1.165) is 12.4 Å². The highest BCUT2D eigenvalue weighted by Gasteiger charge is 2.21. The van der Waals surface area contributed by atoms with Crippen molar-refractivity contribution in [2.24, 2.45) is 5.92 Å². The van der Waals surface area contributed by atoms with Crippen molar-refractivity contribution in [2.45, 2.75) is 60.7 Å². The van der Waals surface area contributed by atoms with Crippen LogP contribution in [0.5, 0.6) is 0 Å². The predicted molar refractivity (Wildman–Crippen MR) is 97.8 cm³/mol. The molecule has 1 aromatic carbocycles. The van der Waals surface area contributed by atoms with Crippen LogP contribution in [-0.2, 0) is 17.9 Å². The highest BCUT2D eigenvalue weighted by atomic mass is 16.2. The Morgan fingerprint density at radius 1 is 1.21 bits per heavy atom. The van der Waals surface area contributed by atoms with Crippen LogP contribution in [0, 0.1) is 19.8 Å². The van der Waals surface area contributed by atoms with Gasteiger partial charge in [-0.25, -0.2) is 4.98 Å². The van der Waals surface area contributed by atoms with Crippen molar-refractivity contribution in [3.8, 4) is 0 Å². The molecule has 24 heavy (non-hydrogen) atoms. The Morgan fingerprint density at radius 3 is 2.54 bits per heavy atom. The van der Waals surface area contributed by atoms with Gasteiger partial charge in [0.25, 0.3) is 0 Å². The van der Waals surface area contributed by atoms with Crippen LogP contribution in [0.1, 0.15) is 50.2 Å². The van der Waals surface area contributed by atoms with E-state index in [1.54, 1.807) is 0 Å². The highest BCUT2D eigenvalue weighted by Crippen LogP contribution is 2.16. The molecular formula is C20H29N3O. The summed E-state index contributed by atoms with van der Waals surface area (Å²) in [5.41, 5.74) is 3.83. The van der Waals surface area contributed by atoms with Gasteiger partial charge in [0.1, 0.15) is 5.82 Å². The van der Waals surface area contributed by atoms with E-state index in [0.29, 0.717) is 6.54 Å². The number of benzene rings is 1. The van der Waals surface area contributed by atoms with Crippen molar-refractivity contribution in [3.63, 3.8) is 0 Å². The molecule has 4 heteroatoms. The first-order valence-corrected chi connectivity index (χ1v) is 8.66. The number of aromatic nitrogens is 2. The zero-order chi connectivity index (χ0) is 17.9. The fourth-order valence-electron chi connectivity index (χ4n) is 2.79. The molecule has 4 nitrogen and oxygen atoms in total. The monoisotopic (exact) mass is 327 g/mol. The summed E-state index contributed by atoms with van der Waals surface area (Å²) in [7, 11) is 0. The molecule has 130 valence electrons. The lowest BCUT2D eigenvalue weighted by atomic mass is 10.1. The number of hydrogen-bond acceptors (Lipinski definition) is 2. The maximum absolute atomic E-state index is 12.5. The Kier molecular flexibility index (Phi) is 5.81. The Balaban J connectivity index is 2.23. The smallest absolute Gasteiger partial charge is 0.225 e. The second kappa shape index (κ2) is 7.65. The van der Waals surface area contributed by atoms with E-state index in [-0.39, 0.29) is 17.9 Å². The minimum Gasteiger partial charge on any atom is -0.333 e. The molecule has 1 amide bonds. The molecule has 0 aliphatic carbocycles. The molecular weight excluding hydrogens is 298 g/mol. The van der Waals surface area contributed by atoms with E-state index in [9.17, 15) is 4.79 Å². The van der Waals surface area contributed by atoms with Gasteiger partial charge in [0.05, 0.1) is 6.54 Å². The van der Waals surface area contributed by atoms with Crippen molar-refractivity contribution in [2.75, 3.05) is 0 Å². The van der Waals surface area contributed by atoms with Gasteiger partial charge >= 0.3 is 0 Å². The molecule has 1 aromatic heterocycles. The van der Waals surface area contributed by atoms with E-state index >= 15 is 0 Å². The largest absolute Gasteiger partial charge is 0.333 e. The van der Waals surface area contributed by atoms with Gasteiger partial charge < -0.3 is 9.47 Å². The number of rotatable bonds is 6. The number of nitrogens with zero attached hydrogens (tertiary/aromatic N) is 3. The zero-order valence-electron chi connectivity index (χ0n) is 15.7. The summed E-state index contributed by atoms with van der Waals surface area (Å²) in [4.78, 5) is 18.9. The lowest BCUT2D eigenvalue weighted by molar-refractivity contribution is -0.137. The Bertz CT molecular complexity index is 701. The molecule has 0 bridgehead atoms. The molecule has 0 unspecified atom stereocenters. The quantitative estimate of drug-likeness (QED) is 0.806. The second-order valence-electron chi connectivity index (χ2n) is 7.12. The second-order valence-corrected chi connectivity index (χ2v) is 7.12.